The number of benzene rings is 1. The molecule has 3 rings (SSSR count). The van der Waals surface area contributed by atoms with Gasteiger partial charge >= 0.3 is 5.97 Å². The molecule has 2 aromatic heterocycles. The van der Waals surface area contributed by atoms with E-state index in [4.69, 9.17) is 18.4 Å². The number of hydrogen-bond acceptors (Lipinski definition) is 7. The zero-order chi connectivity index (χ0) is 21.5. The first-order valence-corrected chi connectivity index (χ1v) is 9.67. The van der Waals surface area contributed by atoms with Crippen LogP contribution in [0.15, 0.2) is 57.7 Å². The number of esters is 1. The van der Waals surface area contributed by atoms with E-state index >= 15 is 0 Å². The maximum absolute atomic E-state index is 12.6. The fraction of sp³-hybridized carbons (Fsp3) is 0.318. The predicted octanol–water partition coefficient (Wildman–Crippen LogP) is 3.83. The third kappa shape index (κ3) is 5.28. The molecule has 0 unspecified atom stereocenters. The van der Waals surface area contributed by atoms with Crippen LogP contribution in [0.25, 0.3) is 11.5 Å². The van der Waals surface area contributed by atoms with Crippen molar-refractivity contribution in [1.29, 1.82) is 0 Å². The molecule has 1 aromatic carbocycles. The van der Waals surface area contributed by atoms with Gasteiger partial charge in [0, 0.05) is 11.6 Å². The summed E-state index contributed by atoms with van der Waals surface area (Å²) in [7, 11) is 0. The highest BCUT2D eigenvalue weighted by molar-refractivity contribution is 5.96. The van der Waals surface area contributed by atoms with Crippen LogP contribution in [0.2, 0.25) is 0 Å². The van der Waals surface area contributed by atoms with E-state index in [1.54, 1.807) is 42.5 Å². The Balaban J connectivity index is 1.58. The molecule has 3 aromatic rings. The molecule has 0 radical (unpaired) electrons. The molecule has 8 heteroatoms. The molecule has 1 atom stereocenters. The van der Waals surface area contributed by atoms with Crippen molar-refractivity contribution in [1.82, 2.24) is 10.5 Å². The van der Waals surface area contributed by atoms with E-state index in [-0.39, 0.29) is 18.4 Å². The molecule has 30 heavy (non-hydrogen) atoms. The van der Waals surface area contributed by atoms with Crippen LogP contribution in [0.3, 0.4) is 0 Å². The number of hydrogen-bond donors (Lipinski definition) is 1. The average Bonchev–Trinajstić information content (AvgIpc) is 3.42. The van der Waals surface area contributed by atoms with Crippen LogP contribution in [0.4, 0.5) is 0 Å². The van der Waals surface area contributed by atoms with Gasteiger partial charge in [-0.3, -0.25) is 4.79 Å². The molecule has 0 fully saturated rings. The van der Waals surface area contributed by atoms with Crippen LogP contribution in [0.1, 0.15) is 36.8 Å². The third-order valence-electron chi connectivity index (χ3n) is 4.32. The molecule has 0 spiro atoms. The van der Waals surface area contributed by atoms with Crippen molar-refractivity contribution in [2.45, 2.75) is 33.4 Å². The van der Waals surface area contributed by atoms with Gasteiger partial charge < -0.3 is 23.7 Å². The first kappa shape index (κ1) is 21.2. The van der Waals surface area contributed by atoms with E-state index in [0.29, 0.717) is 35.1 Å². The average molecular weight is 412 g/mol. The minimum absolute atomic E-state index is 0.0782. The van der Waals surface area contributed by atoms with Gasteiger partial charge in [0.15, 0.2) is 5.76 Å². The van der Waals surface area contributed by atoms with Crippen LogP contribution in [-0.2, 0) is 16.1 Å². The number of aromatic nitrogens is 1. The lowest BCUT2D eigenvalue weighted by molar-refractivity contribution is -0.148. The zero-order valence-electron chi connectivity index (χ0n) is 17.1. The van der Waals surface area contributed by atoms with Crippen molar-refractivity contribution < 1.29 is 28.0 Å². The largest absolute Gasteiger partial charge is 0.494 e. The molecule has 1 amide bonds. The number of carbonyl (C=O) groups excluding carboxylic acids is 2. The maximum atomic E-state index is 12.6. The summed E-state index contributed by atoms with van der Waals surface area (Å²) in [5.41, 5.74) is 0.867. The van der Waals surface area contributed by atoms with E-state index in [1.165, 1.54) is 6.26 Å². The third-order valence-corrected chi connectivity index (χ3v) is 4.32. The molecule has 0 saturated carbocycles. The van der Waals surface area contributed by atoms with Crippen LogP contribution in [-0.4, -0.2) is 29.7 Å². The van der Waals surface area contributed by atoms with E-state index in [2.05, 4.69) is 10.5 Å². The summed E-state index contributed by atoms with van der Waals surface area (Å²) < 4.78 is 21.1. The summed E-state index contributed by atoms with van der Waals surface area (Å²) in [6, 6.07) is 11.0. The van der Waals surface area contributed by atoms with E-state index in [9.17, 15) is 9.59 Å². The SMILES string of the molecule is CCOc1ccc(C(=O)N[C@@H](C(=O)OCc2cc(-c3ccco3)on2)C(C)C)cc1. The summed E-state index contributed by atoms with van der Waals surface area (Å²) in [6.07, 6.45) is 1.53. The van der Waals surface area contributed by atoms with Gasteiger partial charge in [-0.1, -0.05) is 19.0 Å². The maximum Gasteiger partial charge on any atom is 0.329 e. The van der Waals surface area contributed by atoms with Crippen molar-refractivity contribution in [3.05, 3.63) is 60.0 Å². The topological polar surface area (TPSA) is 104 Å². The van der Waals surface area contributed by atoms with Crippen molar-refractivity contribution in [2.75, 3.05) is 6.61 Å². The second kappa shape index (κ2) is 9.78. The van der Waals surface area contributed by atoms with Gasteiger partial charge in [0.2, 0.25) is 5.76 Å². The number of furan rings is 1. The second-order valence-electron chi connectivity index (χ2n) is 6.92. The number of amides is 1. The zero-order valence-corrected chi connectivity index (χ0v) is 17.1. The normalized spacial score (nSPS) is 11.9. The summed E-state index contributed by atoms with van der Waals surface area (Å²) in [5, 5.41) is 6.60. The Labute approximate surface area is 174 Å². The van der Waals surface area contributed by atoms with Gasteiger partial charge in [-0.15, -0.1) is 0 Å². The Morgan fingerprint density at radius 2 is 1.90 bits per heavy atom. The van der Waals surface area contributed by atoms with Gasteiger partial charge in [-0.25, -0.2) is 4.79 Å². The molecule has 0 aliphatic heterocycles. The van der Waals surface area contributed by atoms with Gasteiger partial charge in [-0.2, -0.15) is 0 Å². The Morgan fingerprint density at radius 1 is 1.13 bits per heavy atom. The minimum atomic E-state index is -0.805. The molecule has 2 heterocycles. The van der Waals surface area contributed by atoms with Crippen molar-refractivity contribution in [3.8, 4) is 17.3 Å². The molecule has 158 valence electrons. The number of nitrogens with one attached hydrogen (secondary N) is 1. The first-order chi connectivity index (χ1) is 14.5. The van der Waals surface area contributed by atoms with Crippen molar-refractivity contribution in [2.24, 2.45) is 5.92 Å². The van der Waals surface area contributed by atoms with Crippen molar-refractivity contribution in [3.63, 3.8) is 0 Å². The molecular formula is C22H24N2O6. The highest BCUT2D eigenvalue weighted by atomic mass is 16.5. The summed E-state index contributed by atoms with van der Waals surface area (Å²) in [6.45, 7) is 6.01. The Hall–Kier alpha value is -3.55. The lowest BCUT2D eigenvalue weighted by Crippen LogP contribution is -2.45. The Bertz CT molecular complexity index is 960. The van der Waals surface area contributed by atoms with Crippen LogP contribution < -0.4 is 10.1 Å². The molecular weight excluding hydrogens is 388 g/mol. The Kier molecular flexibility index (Phi) is 6.90. The summed E-state index contributed by atoms with van der Waals surface area (Å²) in [5.74, 6) is 0.565. The molecule has 0 bridgehead atoms. The Morgan fingerprint density at radius 3 is 2.53 bits per heavy atom. The van der Waals surface area contributed by atoms with Gasteiger partial charge in [0.05, 0.1) is 12.9 Å². The number of nitrogens with zero attached hydrogens (tertiary/aromatic N) is 1. The minimum Gasteiger partial charge on any atom is -0.494 e. The van der Waals surface area contributed by atoms with Crippen LogP contribution >= 0.6 is 0 Å². The lowest BCUT2D eigenvalue weighted by Gasteiger charge is -2.20. The monoisotopic (exact) mass is 412 g/mol. The quantitative estimate of drug-likeness (QED) is 0.533. The smallest absolute Gasteiger partial charge is 0.329 e. The van der Waals surface area contributed by atoms with E-state index in [0.717, 1.165) is 0 Å². The van der Waals surface area contributed by atoms with Gasteiger partial charge in [0.1, 0.15) is 24.1 Å². The van der Waals surface area contributed by atoms with Crippen molar-refractivity contribution >= 4 is 11.9 Å². The highest BCUT2D eigenvalue weighted by Crippen LogP contribution is 2.21. The van der Waals surface area contributed by atoms with Gasteiger partial charge in [-0.05, 0) is 49.2 Å². The molecule has 1 N–H and O–H groups in total. The fourth-order valence-electron chi connectivity index (χ4n) is 2.74. The summed E-state index contributed by atoms with van der Waals surface area (Å²) >= 11 is 0. The number of rotatable bonds is 9. The van der Waals surface area contributed by atoms with Crippen LogP contribution in [0, 0.1) is 5.92 Å². The predicted molar refractivity (Wildman–Crippen MR) is 108 cm³/mol. The number of carbonyl (C=O) groups is 2. The van der Waals surface area contributed by atoms with Crippen LogP contribution in [0.5, 0.6) is 5.75 Å². The van der Waals surface area contributed by atoms with Gasteiger partial charge in [0.25, 0.3) is 5.91 Å². The summed E-state index contributed by atoms with van der Waals surface area (Å²) in [4.78, 5) is 25.1. The van der Waals surface area contributed by atoms with E-state index in [1.807, 2.05) is 20.8 Å². The standard InChI is InChI=1S/C22H24N2O6/c1-4-27-17-9-7-15(8-10-17)21(25)23-20(14(2)3)22(26)29-13-16-12-19(30-24-16)18-6-5-11-28-18/h5-12,14,20H,4,13H2,1-3H3,(H,23,25)/t20-/m1/s1. The number of ether oxygens (including phenoxy) is 2. The second-order valence-corrected chi connectivity index (χ2v) is 6.92. The molecule has 0 saturated heterocycles. The molecule has 8 nitrogen and oxygen atoms in total. The first-order valence-electron chi connectivity index (χ1n) is 9.67. The van der Waals surface area contributed by atoms with E-state index < -0.39 is 12.0 Å². The molecule has 0 aliphatic rings. The molecule has 0 aliphatic carbocycles. The lowest BCUT2D eigenvalue weighted by atomic mass is 10.0. The highest BCUT2D eigenvalue weighted by Gasteiger charge is 2.26. The fourth-order valence-corrected chi connectivity index (χ4v) is 2.74.